The molecular formula is C16H22N2O3. The van der Waals surface area contributed by atoms with Crippen molar-refractivity contribution in [2.45, 2.75) is 32.8 Å². The van der Waals surface area contributed by atoms with Gasteiger partial charge in [-0.1, -0.05) is 18.2 Å². The highest BCUT2D eigenvalue weighted by Crippen LogP contribution is 2.19. The molecule has 5 nitrogen and oxygen atoms in total. The molecule has 1 unspecified atom stereocenters. The number of likely N-dealkylation sites (N-methyl/N-ethyl adjacent to an activating group) is 1. The fourth-order valence-corrected chi connectivity index (χ4v) is 2.50. The molecule has 1 aromatic carbocycles. The van der Waals surface area contributed by atoms with Crippen LogP contribution < -0.4 is 5.32 Å². The average molecular weight is 290 g/mol. The van der Waals surface area contributed by atoms with Crippen LogP contribution in [0.2, 0.25) is 0 Å². The van der Waals surface area contributed by atoms with Gasteiger partial charge >= 0.3 is 0 Å². The van der Waals surface area contributed by atoms with Crippen LogP contribution >= 0.6 is 0 Å². The molecule has 1 aliphatic heterocycles. The first-order valence-electron chi connectivity index (χ1n) is 7.21. The molecule has 1 heterocycles. The first-order valence-corrected chi connectivity index (χ1v) is 7.21. The Labute approximate surface area is 125 Å². The van der Waals surface area contributed by atoms with E-state index in [0.29, 0.717) is 6.61 Å². The van der Waals surface area contributed by atoms with Crippen LogP contribution in [0, 0.1) is 13.8 Å². The number of para-hydroxylation sites is 1. The van der Waals surface area contributed by atoms with Gasteiger partial charge in [-0.15, -0.1) is 0 Å². The summed E-state index contributed by atoms with van der Waals surface area (Å²) >= 11 is 0. The normalized spacial score (nSPS) is 17.6. The highest BCUT2D eigenvalue weighted by atomic mass is 16.5. The van der Waals surface area contributed by atoms with Crippen LogP contribution in [0.4, 0.5) is 5.69 Å². The van der Waals surface area contributed by atoms with Crippen LogP contribution in [0.5, 0.6) is 0 Å². The maximum absolute atomic E-state index is 12.1. The summed E-state index contributed by atoms with van der Waals surface area (Å²) in [6, 6.07) is 5.85. The van der Waals surface area contributed by atoms with E-state index >= 15 is 0 Å². The largest absolute Gasteiger partial charge is 0.368 e. The zero-order valence-electron chi connectivity index (χ0n) is 12.8. The van der Waals surface area contributed by atoms with E-state index in [2.05, 4.69) is 5.32 Å². The Kier molecular flexibility index (Phi) is 4.96. The van der Waals surface area contributed by atoms with Crippen molar-refractivity contribution in [1.29, 1.82) is 0 Å². The molecule has 0 spiro atoms. The summed E-state index contributed by atoms with van der Waals surface area (Å²) in [7, 11) is 1.63. The van der Waals surface area contributed by atoms with E-state index in [1.807, 2.05) is 32.0 Å². The predicted molar refractivity (Wildman–Crippen MR) is 81.2 cm³/mol. The summed E-state index contributed by atoms with van der Waals surface area (Å²) in [5.74, 6) is -0.314. The molecule has 0 saturated carbocycles. The summed E-state index contributed by atoms with van der Waals surface area (Å²) in [4.78, 5) is 25.6. The molecule has 21 heavy (non-hydrogen) atoms. The minimum atomic E-state index is -0.386. The van der Waals surface area contributed by atoms with E-state index in [4.69, 9.17) is 4.74 Å². The van der Waals surface area contributed by atoms with E-state index in [-0.39, 0.29) is 24.5 Å². The number of aryl methyl sites for hydroxylation is 2. The molecule has 1 N–H and O–H groups in total. The first-order chi connectivity index (χ1) is 9.99. The summed E-state index contributed by atoms with van der Waals surface area (Å²) in [5, 5.41) is 2.88. The Bertz CT molecular complexity index is 516. The number of ether oxygens (including phenoxy) is 1. The van der Waals surface area contributed by atoms with Crippen LogP contribution in [-0.4, -0.2) is 43.0 Å². The van der Waals surface area contributed by atoms with E-state index in [9.17, 15) is 9.59 Å². The Morgan fingerprint density at radius 1 is 1.33 bits per heavy atom. The first kappa shape index (κ1) is 15.5. The van der Waals surface area contributed by atoms with Gasteiger partial charge in [0, 0.05) is 19.3 Å². The minimum Gasteiger partial charge on any atom is -0.368 e. The number of carbonyl (C=O) groups is 2. The fourth-order valence-electron chi connectivity index (χ4n) is 2.50. The molecule has 1 aliphatic rings. The van der Waals surface area contributed by atoms with Crippen molar-refractivity contribution in [2.24, 2.45) is 0 Å². The number of amides is 2. The molecule has 0 bridgehead atoms. The molecule has 114 valence electrons. The van der Waals surface area contributed by atoms with Gasteiger partial charge in [-0.25, -0.2) is 0 Å². The summed E-state index contributed by atoms with van der Waals surface area (Å²) < 4.78 is 5.35. The minimum absolute atomic E-state index is 0.0342. The number of hydrogen-bond donors (Lipinski definition) is 1. The third-order valence-corrected chi connectivity index (χ3v) is 3.71. The number of carbonyl (C=O) groups excluding carboxylic acids is 2. The number of nitrogens with one attached hydrogen (secondary N) is 1. The second-order valence-corrected chi connectivity index (χ2v) is 5.51. The highest BCUT2D eigenvalue weighted by Gasteiger charge is 2.27. The van der Waals surface area contributed by atoms with Crippen LogP contribution in [0.25, 0.3) is 0 Å². The van der Waals surface area contributed by atoms with Crippen molar-refractivity contribution in [1.82, 2.24) is 4.90 Å². The van der Waals surface area contributed by atoms with E-state index < -0.39 is 0 Å². The van der Waals surface area contributed by atoms with Crippen molar-refractivity contribution in [3.63, 3.8) is 0 Å². The van der Waals surface area contributed by atoms with Crippen molar-refractivity contribution in [3.05, 3.63) is 29.3 Å². The molecule has 2 amide bonds. The summed E-state index contributed by atoms with van der Waals surface area (Å²) in [6.07, 6.45) is 1.25. The Morgan fingerprint density at radius 3 is 2.57 bits per heavy atom. The quantitative estimate of drug-likeness (QED) is 0.921. The maximum Gasteiger partial charge on any atom is 0.251 e. The molecule has 2 rings (SSSR count). The molecular weight excluding hydrogens is 268 g/mol. The van der Waals surface area contributed by atoms with Crippen LogP contribution in [-0.2, 0) is 14.3 Å². The lowest BCUT2D eigenvalue weighted by Crippen LogP contribution is -2.40. The Hall–Kier alpha value is -1.88. The van der Waals surface area contributed by atoms with Gasteiger partial charge in [-0.2, -0.15) is 0 Å². The summed E-state index contributed by atoms with van der Waals surface area (Å²) in [6.45, 7) is 4.55. The summed E-state index contributed by atoms with van der Waals surface area (Å²) in [5.41, 5.74) is 2.84. The zero-order chi connectivity index (χ0) is 15.4. The van der Waals surface area contributed by atoms with Crippen molar-refractivity contribution in [2.75, 3.05) is 25.5 Å². The third-order valence-electron chi connectivity index (χ3n) is 3.71. The number of nitrogens with zero attached hydrogens (tertiary/aromatic N) is 1. The van der Waals surface area contributed by atoms with Crippen LogP contribution in [0.1, 0.15) is 24.0 Å². The average Bonchev–Trinajstić information content (AvgIpc) is 2.96. The lowest BCUT2D eigenvalue weighted by atomic mass is 10.1. The SMILES string of the molecule is Cc1cccc(C)c1NC(=O)CN(C)C(=O)C1CCCO1. The molecule has 1 fully saturated rings. The van der Waals surface area contributed by atoms with Gasteiger partial charge in [-0.05, 0) is 37.8 Å². The molecule has 0 aromatic heterocycles. The van der Waals surface area contributed by atoms with Gasteiger partial charge < -0.3 is 15.0 Å². The van der Waals surface area contributed by atoms with Crippen molar-refractivity contribution >= 4 is 17.5 Å². The standard InChI is InChI=1S/C16H22N2O3/c1-11-6-4-7-12(2)15(11)17-14(19)10-18(3)16(20)13-8-5-9-21-13/h4,6-7,13H,5,8-10H2,1-3H3,(H,17,19). The highest BCUT2D eigenvalue weighted by molar-refractivity contribution is 5.96. The predicted octanol–water partition coefficient (Wildman–Crippen LogP) is 1.88. The van der Waals surface area contributed by atoms with Crippen LogP contribution in [0.15, 0.2) is 18.2 Å². The Morgan fingerprint density at radius 2 is 2.00 bits per heavy atom. The molecule has 5 heteroatoms. The monoisotopic (exact) mass is 290 g/mol. The molecule has 1 saturated heterocycles. The van der Waals surface area contributed by atoms with Gasteiger partial charge in [-0.3, -0.25) is 9.59 Å². The lowest BCUT2D eigenvalue weighted by molar-refractivity contribution is -0.141. The van der Waals surface area contributed by atoms with Crippen molar-refractivity contribution < 1.29 is 14.3 Å². The zero-order valence-corrected chi connectivity index (χ0v) is 12.8. The third kappa shape index (κ3) is 3.82. The van der Waals surface area contributed by atoms with Gasteiger partial charge in [0.05, 0.1) is 6.54 Å². The van der Waals surface area contributed by atoms with Gasteiger partial charge in [0.2, 0.25) is 5.91 Å². The number of anilines is 1. The van der Waals surface area contributed by atoms with Crippen molar-refractivity contribution in [3.8, 4) is 0 Å². The van der Waals surface area contributed by atoms with E-state index in [0.717, 1.165) is 29.7 Å². The molecule has 1 atom stereocenters. The van der Waals surface area contributed by atoms with Gasteiger partial charge in [0.25, 0.3) is 5.91 Å². The molecule has 0 aliphatic carbocycles. The van der Waals surface area contributed by atoms with E-state index in [1.165, 1.54) is 4.90 Å². The smallest absolute Gasteiger partial charge is 0.251 e. The van der Waals surface area contributed by atoms with Gasteiger partial charge in [0.15, 0.2) is 0 Å². The number of benzene rings is 1. The second-order valence-electron chi connectivity index (χ2n) is 5.51. The Balaban J connectivity index is 1.93. The fraction of sp³-hybridized carbons (Fsp3) is 0.500. The second kappa shape index (κ2) is 6.72. The number of hydrogen-bond acceptors (Lipinski definition) is 3. The molecule has 1 aromatic rings. The molecule has 0 radical (unpaired) electrons. The maximum atomic E-state index is 12.1. The number of rotatable bonds is 4. The van der Waals surface area contributed by atoms with Gasteiger partial charge in [0.1, 0.15) is 6.10 Å². The topological polar surface area (TPSA) is 58.6 Å². The van der Waals surface area contributed by atoms with E-state index in [1.54, 1.807) is 7.05 Å². The lowest BCUT2D eigenvalue weighted by Gasteiger charge is -2.20. The van der Waals surface area contributed by atoms with Crippen LogP contribution in [0.3, 0.4) is 0 Å².